The van der Waals surface area contributed by atoms with E-state index in [2.05, 4.69) is 21.2 Å². The van der Waals surface area contributed by atoms with Crippen molar-refractivity contribution in [3.63, 3.8) is 0 Å². The van der Waals surface area contributed by atoms with Crippen molar-refractivity contribution in [1.82, 2.24) is 0 Å². The highest BCUT2D eigenvalue weighted by Gasteiger charge is 2.59. The molecular weight excluding hydrogens is 524 g/mol. The SMILES string of the molecule is Cc1cc(Br)c(Cl)cc1NC(=O)COC(=O)c1cccc(N2C(=O)[C@@H]3[C@@H](C2=O)[C@H]2C=C[C@H]3C2)c1. The minimum Gasteiger partial charge on any atom is -0.452 e. The average molecular weight is 544 g/mol. The zero-order chi connectivity index (χ0) is 24.1. The van der Waals surface area contributed by atoms with Crippen LogP contribution in [0.4, 0.5) is 11.4 Å². The summed E-state index contributed by atoms with van der Waals surface area (Å²) in [5.74, 6) is -2.13. The fraction of sp³-hybridized carbons (Fsp3) is 0.280. The molecule has 0 spiro atoms. The summed E-state index contributed by atoms with van der Waals surface area (Å²) in [6, 6.07) is 9.54. The van der Waals surface area contributed by atoms with E-state index in [1.807, 2.05) is 19.1 Å². The van der Waals surface area contributed by atoms with Gasteiger partial charge in [-0.2, -0.15) is 0 Å². The maximum atomic E-state index is 13.0. The van der Waals surface area contributed by atoms with Crippen LogP contribution >= 0.6 is 27.5 Å². The van der Waals surface area contributed by atoms with Crippen molar-refractivity contribution in [1.29, 1.82) is 0 Å². The molecule has 3 amide bonds. The number of hydrogen-bond acceptors (Lipinski definition) is 5. The minimum absolute atomic E-state index is 0.104. The number of ether oxygens (including phenoxy) is 1. The number of nitrogens with zero attached hydrogens (tertiary/aromatic N) is 1. The van der Waals surface area contributed by atoms with E-state index in [-0.39, 0.29) is 41.0 Å². The van der Waals surface area contributed by atoms with E-state index in [4.69, 9.17) is 16.3 Å². The standard InChI is InChI=1S/C25H20BrClN2O5/c1-12-7-17(26)18(27)10-19(12)28-20(30)11-34-25(33)15-3-2-4-16(9-15)29-23(31)21-13-5-6-14(8-13)22(21)24(29)32/h2-7,9-10,13-14,21-22H,8,11H2,1H3,(H,28,30)/t13-,14-,21-,22-/m0/s1. The number of esters is 1. The maximum Gasteiger partial charge on any atom is 0.338 e. The first kappa shape index (κ1) is 22.8. The number of benzene rings is 2. The number of carbonyl (C=O) groups is 4. The summed E-state index contributed by atoms with van der Waals surface area (Å²) in [5, 5.41) is 3.10. The molecule has 2 aliphatic carbocycles. The number of carbonyl (C=O) groups excluding carboxylic acids is 4. The quantitative estimate of drug-likeness (QED) is 0.340. The molecule has 0 unspecified atom stereocenters. The first-order valence-corrected chi connectivity index (χ1v) is 12.0. The molecule has 9 heteroatoms. The van der Waals surface area contributed by atoms with E-state index in [0.29, 0.717) is 20.9 Å². The van der Waals surface area contributed by atoms with Crippen molar-refractivity contribution in [3.05, 3.63) is 69.2 Å². The molecule has 1 saturated heterocycles. The van der Waals surface area contributed by atoms with Crippen LogP contribution in [-0.2, 0) is 19.1 Å². The molecule has 3 aliphatic rings. The number of allylic oxidation sites excluding steroid dienone is 2. The molecular formula is C25H20BrClN2O5. The van der Waals surface area contributed by atoms with Crippen LogP contribution in [-0.4, -0.2) is 30.3 Å². The highest BCUT2D eigenvalue weighted by molar-refractivity contribution is 9.10. The predicted octanol–water partition coefficient (Wildman–Crippen LogP) is 4.52. The van der Waals surface area contributed by atoms with Crippen LogP contribution in [0.3, 0.4) is 0 Å². The van der Waals surface area contributed by atoms with Crippen molar-refractivity contribution in [2.75, 3.05) is 16.8 Å². The number of nitrogens with one attached hydrogen (secondary N) is 1. The number of hydrogen-bond donors (Lipinski definition) is 1. The van der Waals surface area contributed by atoms with Crippen molar-refractivity contribution in [3.8, 4) is 0 Å². The minimum atomic E-state index is -0.733. The number of fused-ring (bicyclic) bond motifs is 5. The van der Waals surface area contributed by atoms with Gasteiger partial charge in [-0.15, -0.1) is 0 Å². The van der Waals surface area contributed by atoms with Gasteiger partial charge < -0.3 is 10.1 Å². The molecule has 174 valence electrons. The van der Waals surface area contributed by atoms with Crippen LogP contribution < -0.4 is 10.2 Å². The molecule has 4 atom stereocenters. The number of rotatable bonds is 5. The van der Waals surface area contributed by atoms with Crippen molar-refractivity contribution in [2.24, 2.45) is 23.7 Å². The lowest BCUT2D eigenvalue weighted by Crippen LogP contribution is -2.33. The van der Waals surface area contributed by atoms with Gasteiger partial charge in [-0.25, -0.2) is 9.69 Å². The maximum absolute atomic E-state index is 13.0. The molecule has 34 heavy (non-hydrogen) atoms. The van der Waals surface area contributed by atoms with E-state index < -0.39 is 18.5 Å². The van der Waals surface area contributed by atoms with Crippen molar-refractivity contribution < 1.29 is 23.9 Å². The Bertz CT molecular complexity index is 1250. The van der Waals surface area contributed by atoms with Crippen LogP contribution in [0.2, 0.25) is 5.02 Å². The summed E-state index contributed by atoms with van der Waals surface area (Å²) < 4.78 is 5.86. The van der Waals surface area contributed by atoms with E-state index in [9.17, 15) is 19.2 Å². The van der Waals surface area contributed by atoms with Gasteiger partial charge in [0.05, 0.1) is 28.1 Å². The molecule has 1 heterocycles. The highest BCUT2D eigenvalue weighted by atomic mass is 79.9. The Morgan fingerprint density at radius 2 is 1.79 bits per heavy atom. The molecule has 0 aromatic heterocycles. The Morgan fingerprint density at radius 1 is 1.12 bits per heavy atom. The summed E-state index contributed by atoms with van der Waals surface area (Å²) in [4.78, 5) is 52.1. The number of imide groups is 1. The van der Waals surface area contributed by atoms with Gasteiger partial charge in [0.2, 0.25) is 11.8 Å². The summed E-state index contributed by atoms with van der Waals surface area (Å²) in [5.41, 5.74) is 1.78. The Kier molecular flexibility index (Phi) is 5.81. The predicted molar refractivity (Wildman–Crippen MR) is 129 cm³/mol. The van der Waals surface area contributed by atoms with Crippen LogP contribution in [0.5, 0.6) is 0 Å². The van der Waals surface area contributed by atoms with Crippen LogP contribution in [0.15, 0.2) is 53.0 Å². The van der Waals surface area contributed by atoms with Crippen LogP contribution in [0.1, 0.15) is 22.3 Å². The second kappa shape index (κ2) is 8.67. The van der Waals surface area contributed by atoms with E-state index in [1.165, 1.54) is 17.0 Å². The molecule has 1 N–H and O–H groups in total. The number of amides is 3. The Labute approximate surface area is 209 Å². The molecule has 2 aromatic rings. The molecule has 2 bridgehead atoms. The third-order valence-electron chi connectivity index (χ3n) is 6.69. The molecule has 0 radical (unpaired) electrons. The zero-order valence-electron chi connectivity index (χ0n) is 18.1. The van der Waals surface area contributed by atoms with Crippen molar-refractivity contribution >= 4 is 62.6 Å². The monoisotopic (exact) mass is 542 g/mol. The third kappa shape index (κ3) is 3.84. The summed E-state index contributed by atoms with van der Waals surface area (Å²) in [6.07, 6.45) is 4.91. The van der Waals surface area contributed by atoms with Gasteiger partial charge in [0.15, 0.2) is 6.61 Å². The molecule has 2 aromatic carbocycles. The van der Waals surface area contributed by atoms with Crippen molar-refractivity contribution in [2.45, 2.75) is 13.3 Å². The fourth-order valence-corrected chi connectivity index (χ4v) is 5.73. The van der Waals surface area contributed by atoms with Crippen LogP contribution in [0, 0.1) is 30.6 Å². The Balaban J connectivity index is 1.25. The smallest absolute Gasteiger partial charge is 0.338 e. The van der Waals surface area contributed by atoms with Crippen LogP contribution in [0.25, 0.3) is 0 Å². The number of halogens is 2. The van der Waals surface area contributed by atoms with Gasteiger partial charge in [0.1, 0.15) is 0 Å². The largest absolute Gasteiger partial charge is 0.452 e. The topological polar surface area (TPSA) is 92.8 Å². The fourth-order valence-electron chi connectivity index (χ4n) is 5.11. The molecule has 7 nitrogen and oxygen atoms in total. The van der Waals surface area contributed by atoms with E-state index >= 15 is 0 Å². The third-order valence-corrected chi connectivity index (χ3v) is 7.88. The van der Waals surface area contributed by atoms with Gasteiger partial charge in [0, 0.05) is 10.2 Å². The van der Waals surface area contributed by atoms with Gasteiger partial charge in [0.25, 0.3) is 5.91 Å². The molecule has 5 rings (SSSR count). The summed E-state index contributed by atoms with van der Waals surface area (Å²) >= 11 is 9.40. The van der Waals surface area contributed by atoms with E-state index in [1.54, 1.807) is 24.3 Å². The lowest BCUT2D eigenvalue weighted by Gasteiger charge is -2.18. The molecule has 2 fully saturated rings. The summed E-state index contributed by atoms with van der Waals surface area (Å²) in [7, 11) is 0. The van der Waals surface area contributed by atoms with Gasteiger partial charge >= 0.3 is 5.97 Å². The first-order chi connectivity index (χ1) is 16.2. The summed E-state index contributed by atoms with van der Waals surface area (Å²) in [6.45, 7) is 1.31. The second-order valence-electron chi connectivity index (χ2n) is 8.77. The molecule has 1 saturated carbocycles. The molecule has 1 aliphatic heterocycles. The Morgan fingerprint density at radius 3 is 2.47 bits per heavy atom. The second-order valence-corrected chi connectivity index (χ2v) is 10.0. The van der Waals surface area contributed by atoms with Gasteiger partial charge in [-0.05, 0) is 77.0 Å². The first-order valence-electron chi connectivity index (χ1n) is 10.8. The average Bonchev–Trinajstić information content (AvgIpc) is 3.49. The Hall–Kier alpha value is -2.97. The van der Waals surface area contributed by atoms with Gasteiger partial charge in [-0.1, -0.05) is 29.8 Å². The van der Waals surface area contributed by atoms with Gasteiger partial charge in [-0.3, -0.25) is 14.4 Å². The lowest BCUT2D eigenvalue weighted by molar-refractivity contribution is -0.123. The van der Waals surface area contributed by atoms with E-state index in [0.717, 1.165) is 12.0 Å². The highest BCUT2D eigenvalue weighted by Crippen LogP contribution is 2.53. The number of anilines is 2. The normalized spacial score (nSPS) is 24.5. The lowest BCUT2D eigenvalue weighted by atomic mass is 9.85. The zero-order valence-corrected chi connectivity index (χ0v) is 20.4. The number of aryl methyl sites for hydroxylation is 1.